The molecule has 2 aromatic rings. The summed E-state index contributed by atoms with van der Waals surface area (Å²) in [6.07, 6.45) is 1.51. The lowest BCUT2D eigenvalue weighted by Gasteiger charge is -2.24. The number of rotatable bonds is 3. The number of nitrogens with zero attached hydrogens (tertiary/aromatic N) is 1. The number of likely N-dealkylation sites (tertiary alicyclic amines) is 1. The Bertz CT molecular complexity index is 758. The Morgan fingerprint density at radius 3 is 2.54 bits per heavy atom. The van der Waals surface area contributed by atoms with Crippen molar-refractivity contribution in [3.63, 3.8) is 0 Å². The molecular formula is C19H19ClN2O2. The van der Waals surface area contributed by atoms with E-state index in [9.17, 15) is 9.59 Å². The molecule has 1 fully saturated rings. The van der Waals surface area contributed by atoms with Gasteiger partial charge in [0.1, 0.15) is 6.04 Å². The van der Waals surface area contributed by atoms with Crippen molar-refractivity contribution >= 4 is 29.1 Å². The molecule has 3 rings (SSSR count). The molecule has 124 valence electrons. The molecule has 0 radical (unpaired) electrons. The average Bonchev–Trinajstić information content (AvgIpc) is 3.06. The first-order valence-electron chi connectivity index (χ1n) is 7.99. The third-order valence-electron chi connectivity index (χ3n) is 4.30. The van der Waals surface area contributed by atoms with Crippen LogP contribution in [0.2, 0.25) is 5.02 Å². The summed E-state index contributed by atoms with van der Waals surface area (Å²) < 4.78 is 0. The van der Waals surface area contributed by atoms with Crippen molar-refractivity contribution in [2.24, 2.45) is 0 Å². The molecule has 5 heteroatoms. The lowest BCUT2D eigenvalue weighted by atomic mass is 10.1. The largest absolute Gasteiger partial charge is 0.327 e. The highest BCUT2D eigenvalue weighted by atomic mass is 35.5. The maximum Gasteiger partial charge on any atom is 0.254 e. The number of nitrogens with one attached hydrogen (secondary N) is 1. The SMILES string of the molecule is Cc1ccccc1C(=O)N1CCC[C@@H]1C(=O)Nc1ccc(Cl)cc1. The van der Waals surface area contributed by atoms with E-state index in [2.05, 4.69) is 5.32 Å². The molecule has 1 atom stereocenters. The number of hydrogen-bond donors (Lipinski definition) is 1. The molecule has 0 saturated carbocycles. The average molecular weight is 343 g/mol. The Morgan fingerprint density at radius 1 is 1.12 bits per heavy atom. The van der Waals surface area contributed by atoms with Gasteiger partial charge in [0, 0.05) is 22.8 Å². The Kier molecular flexibility index (Phi) is 4.86. The van der Waals surface area contributed by atoms with Crippen LogP contribution >= 0.6 is 11.6 Å². The van der Waals surface area contributed by atoms with Crippen LogP contribution in [-0.4, -0.2) is 29.3 Å². The number of amides is 2. The van der Waals surface area contributed by atoms with Crippen LogP contribution in [0.4, 0.5) is 5.69 Å². The van der Waals surface area contributed by atoms with E-state index in [1.165, 1.54) is 0 Å². The third kappa shape index (κ3) is 3.44. The van der Waals surface area contributed by atoms with Crippen LogP contribution < -0.4 is 5.32 Å². The molecule has 2 aromatic carbocycles. The smallest absolute Gasteiger partial charge is 0.254 e. The maximum absolute atomic E-state index is 12.8. The van der Waals surface area contributed by atoms with Gasteiger partial charge in [-0.15, -0.1) is 0 Å². The van der Waals surface area contributed by atoms with Crippen LogP contribution in [0.5, 0.6) is 0 Å². The van der Waals surface area contributed by atoms with E-state index in [-0.39, 0.29) is 11.8 Å². The van der Waals surface area contributed by atoms with Gasteiger partial charge in [-0.1, -0.05) is 29.8 Å². The minimum absolute atomic E-state index is 0.0816. The number of carbonyl (C=O) groups is 2. The van der Waals surface area contributed by atoms with Crippen LogP contribution in [0.15, 0.2) is 48.5 Å². The zero-order chi connectivity index (χ0) is 17.1. The summed E-state index contributed by atoms with van der Waals surface area (Å²) in [5, 5.41) is 3.49. The van der Waals surface area contributed by atoms with Gasteiger partial charge in [-0.05, 0) is 55.7 Å². The van der Waals surface area contributed by atoms with Gasteiger partial charge >= 0.3 is 0 Å². The molecule has 4 nitrogen and oxygen atoms in total. The van der Waals surface area contributed by atoms with Crippen LogP contribution in [0.25, 0.3) is 0 Å². The summed E-state index contributed by atoms with van der Waals surface area (Å²) in [4.78, 5) is 27.1. The van der Waals surface area contributed by atoms with E-state index < -0.39 is 6.04 Å². The Hall–Kier alpha value is -2.33. The third-order valence-corrected chi connectivity index (χ3v) is 4.56. The van der Waals surface area contributed by atoms with E-state index in [1.54, 1.807) is 29.2 Å². The second-order valence-electron chi connectivity index (χ2n) is 5.97. The molecule has 0 bridgehead atoms. The number of aryl methyl sites for hydroxylation is 1. The van der Waals surface area contributed by atoms with E-state index in [0.29, 0.717) is 29.2 Å². The maximum atomic E-state index is 12.8. The molecular weight excluding hydrogens is 324 g/mol. The Labute approximate surface area is 146 Å². The summed E-state index contributed by atoms with van der Waals surface area (Å²) >= 11 is 5.86. The van der Waals surface area contributed by atoms with Crippen LogP contribution in [0.3, 0.4) is 0 Å². The predicted molar refractivity (Wildman–Crippen MR) is 95.3 cm³/mol. The van der Waals surface area contributed by atoms with E-state index in [0.717, 1.165) is 12.0 Å². The fourth-order valence-electron chi connectivity index (χ4n) is 3.01. The summed E-state index contributed by atoms with van der Waals surface area (Å²) in [6, 6.07) is 14.0. The molecule has 24 heavy (non-hydrogen) atoms. The number of carbonyl (C=O) groups excluding carboxylic acids is 2. The van der Waals surface area contributed by atoms with E-state index in [1.807, 2.05) is 31.2 Å². The molecule has 0 unspecified atom stereocenters. The normalized spacial score (nSPS) is 16.9. The minimum atomic E-state index is -0.437. The molecule has 0 spiro atoms. The zero-order valence-electron chi connectivity index (χ0n) is 13.5. The predicted octanol–water partition coefficient (Wildman–Crippen LogP) is 3.89. The van der Waals surface area contributed by atoms with Crippen molar-refractivity contribution in [2.75, 3.05) is 11.9 Å². The van der Waals surface area contributed by atoms with Crippen molar-refractivity contribution in [3.05, 3.63) is 64.7 Å². The highest BCUT2D eigenvalue weighted by Gasteiger charge is 2.34. The molecule has 1 aliphatic heterocycles. The fraction of sp³-hybridized carbons (Fsp3) is 0.263. The second-order valence-corrected chi connectivity index (χ2v) is 6.40. The first kappa shape index (κ1) is 16.5. The van der Waals surface area contributed by atoms with Gasteiger partial charge in [0.15, 0.2) is 0 Å². The standard InChI is InChI=1S/C19H19ClN2O2/c1-13-5-2-3-6-16(13)19(24)22-12-4-7-17(22)18(23)21-15-10-8-14(20)9-11-15/h2-3,5-6,8-11,17H,4,7,12H2,1H3,(H,21,23)/t17-/m1/s1. The molecule has 1 N–H and O–H groups in total. The summed E-state index contributed by atoms with van der Waals surface area (Å²) in [5.74, 6) is -0.237. The minimum Gasteiger partial charge on any atom is -0.327 e. The molecule has 2 amide bonds. The van der Waals surface area contributed by atoms with Crippen molar-refractivity contribution in [2.45, 2.75) is 25.8 Å². The van der Waals surface area contributed by atoms with Gasteiger partial charge in [-0.25, -0.2) is 0 Å². The van der Waals surface area contributed by atoms with Gasteiger partial charge in [0.2, 0.25) is 5.91 Å². The topological polar surface area (TPSA) is 49.4 Å². The van der Waals surface area contributed by atoms with Gasteiger partial charge in [0.05, 0.1) is 0 Å². The van der Waals surface area contributed by atoms with E-state index >= 15 is 0 Å². The highest BCUT2D eigenvalue weighted by Crippen LogP contribution is 2.23. The van der Waals surface area contributed by atoms with Gasteiger partial charge < -0.3 is 10.2 Å². The van der Waals surface area contributed by atoms with Gasteiger partial charge in [-0.2, -0.15) is 0 Å². The lowest BCUT2D eigenvalue weighted by Crippen LogP contribution is -2.43. The highest BCUT2D eigenvalue weighted by molar-refractivity contribution is 6.30. The lowest BCUT2D eigenvalue weighted by molar-refractivity contribution is -0.119. The number of benzene rings is 2. The zero-order valence-corrected chi connectivity index (χ0v) is 14.2. The number of halogens is 1. The summed E-state index contributed by atoms with van der Waals surface area (Å²) in [5.41, 5.74) is 2.26. The fourth-order valence-corrected chi connectivity index (χ4v) is 3.13. The molecule has 0 aliphatic carbocycles. The van der Waals surface area contributed by atoms with E-state index in [4.69, 9.17) is 11.6 Å². The van der Waals surface area contributed by atoms with Crippen molar-refractivity contribution < 1.29 is 9.59 Å². The number of hydrogen-bond acceptors (Lipinski definition) is 2. The van der Waals surface area contributed by atoms with Crippen molar-refractivity contribution in [1.82, 2.24) is 4.90 Å². The van der Waals surface area contributed by atoms with Crippen molar-refractivity contribution in [1.29, 1.82) is 0 Å². The number of anilines is 1. The summed E-state index contributed by atoms with van der Waals surface area (Å²) in [7, 11) is 0. The first-order chi connectivity index (χ1) is 11.6. The molecule has 1 saturated heterocycles. The first-order valence-corrected chi connectivity index (χ1v) is 8.37. The van der Waals surface area contributed by atoms with Crippen molar-refractivity contribution in [3.8, 4) is 0 Å². The monoisotopic (exact) mass is 342 g/mol. The molecule has 1 heterocycles. The van der Waals surface area contributed by atoms with Crippen LogP contribution in [0, 0.1) is 6.92 Å². The second kappa shape index (κ2) is 7.05. The molecule has 0 aromatic heterocycles. The van der Waals surface area contributed by atoms with Crippen LogP contribution in [0.1, 0.15) is 28.8 Å². The summed E-state index contributed by atoms with van der Waals surface area (Å²) in [6.45, 7) is 2.51. The van der Waals surface area contributed by atoms with Gasteiger partial charge in [-0.3, -0.25) is 9.59 Å². The van der Waals surface area contributed by atoms with Crippen LogP contribution in [-0.2, 0) is 4.79 Å². The Morgan fingerprint density at radius 2 is 1.83 bits per heavy atom. The van der Waals surface area contributed by atoms with Gasteiger partial charge in [0.25, 0.3) is 5.91 Å². The molecule has 1 aliphatic rings. The Balaban J connectivity index is 1.75. The quantitative estimate of drug-likeness (QED) is 0.919.